The van der Waals surface area contributed by atoms with E-state index in [1.54, 1.807) is 0 Å². The average molecular weight is 402 g/mol. The molecule has 9 heteroatoms. The van der Waals surface area contributed by atoms with Crippen molar-refractivity contribution >= 4 is 34.3 Å². The zero-order chi connectivity index (χ0) is 21.1. The number of primary amides is 1. The van der Waals surface area contributed by atoms with Crippen LogP contribution in [-0.4, -0.2) is 32.2 Å². The third-order valence-electron chi connectivity index (χ3n) is 4.84. The van der Waals surface area contributed by atoms with Gasteiger partial charge in [-0.3, -0.25) is 4.79 Å². The van der Waals surface area contributed by atoms with E-state index in [0.29, 0.717) is 6.54 Å². The summed E-state index contributed by atoms with van der Waals surface area (Å²) in [4.78, 5) is 16.3. The van der Waals surface area contributed by atoms with Gasteiger partial charge in [-0.2, -0.15) is 4.98 Å². The fraction of sp³-hybridized carbons (Fsp3) is 0.143. The molecule has 0 radical (unpaired) electrons. The Morgan fingerprint density at radius 3 is 2.63 bits per heavy atom. The number of aryl methyl sites for hydroxylation is 1. The molecule has 1 atom stereocenters. The molecule has 1 amide bonds. The molecule has 9 nitrogen and oxygen atoms in total. The Kier molecular flexibility index (Phi) is 5.27. The largest absolute Gasteiger partial charge is 0.364 e. The molecule has 0 spiro atoms. The van der Waals surface area contributed by atoms with E-state index in [4.69, 9.17) is 11.5 Å². The van der Waals surface area contributed by atoms with Gasteiger partial charge in [-0.05, 0) is 23.8 Å². The molecule has 0 fully saturated rings. The van der Waals surface area contributed by atoms with E-state index >= 15 is 0 Å². The molecule has 0 saturated heterocycles. The molecule has 0 bridgehead atoms. The summed E-state index contributed by atoms with van der Waals surface area (Å²) in [6.45, 7) is 0.330. The molecule has 4 aromatic rings. The van der Waals surface area contributed by atoms with E-state index in [-0.39, 0.29) is 23.5 Å². The number of amides is 1. The van der Waals surface area contributed by atoms with Crippen LogP contribution in [0.1, 0.15) is 22.1 Å². The summed E-state index contributed by atoms with van der Waals surface area (Å²) in [5.41, 5.74) is 14.2. The fourth-order valence-corrected chi connectivity index (χ4v) is 3.30. The van der Waals surface area contributed by atoms with E-state index in [1.165, 1.54) is 0 Å². The molecule has 0 unspecified atom stereocenters. The van der Waals surface area contributed by atoms with E-state index < -0.39 is 5.91 Å². The third kappa shape index (κ3) is 3.78. The number of carbonyl (C=O) groups is 1. The maximum Gasteiger partial charge on any atom is 0.273 e. The highest BCUT2D eigenvalue weighted by molar-refractivity contribution is 5.99. The number of aromatic nitrogens is 4. The van der Waals surface area contributed by atoms with Gasteiger partial charge < -0.3 is 26.7 Å². The average Bonchev–Trinajstić information content (AvgIpc) is 3.14. The fourth-order valence-electron chi connectivity index (χ4n) is 3.30. The number of anilines is 3. The summed E-state index contributed by atoms with van der Waals surface area (Å²) in [5.74, 6) is -0.259. The van der Waals surface area contributed by atoms with Crippen LogP contribution in [0, 0.1) is 0 Å². The summed E-state index contributed by atoms with van der Waals surface area (Å²) >= 11 is 0. The van der Waals surface area contributed by atoms with E-state index in [1.807, 2.05) is 72.4 Å². The second-order valence-electron chi connectivity index (χ2n) is 6.83. The maximum atomic E-state index is 11.9. The van der Waals surface area contributed by atoms with Crippen molar-refractivity contribution in [1.29, 1.82) is 0 Å². The van der Waals surface area contributed by atoms with Crippen molar-refractivity contribution in [3.8, 4) is 0 Å². The first-order chi connectivity index (χ1) is 14.6. The van der Waals surface area contributed by atoms with Gasteiger partial charge in [-0.1, -0.05) is 36.4 Å². The van der Waals surface area contributed by atoms with Crippen molar-refractivity contribution < 1.29 is 4.79 Å². The molecule has 2 heterocycles. The summed E-state index contributed by atoms with van der Waals surface area (Å²) in [7, 11) is 1.96. The molecule has 2 aromatic heterocycles. The molecule has 6 N–H and O–H groups in total. The normalized spacial score (nSPS) is 11.9. The van der Waals surface area contributed by atoms with Crippen molar-refractivity contribution in [3.05, 3.63) is 72.1 Å². The molecule has 4 rings (SSSR count). The Bertz CT molecular complexity index is 1190. The van der Waals surface area contributed by atoms with Gasteiger partial charge in [0.2, 0.25) is 5.95 Å². The van der Waals surface area contributed by atoms with Crippen molar-refractivity contribution in [2.24, 2.45) is 18.5 Å². The van der Waals surface area contributed by atoms with Crippen molar-refractivity contribution in [2.45, 2.75) is 6.04 Å². The number of nitrogens with one attached hydrogen (secondary N) is 2. The van der Waals surface area contributed by atoms with Crippen LogP contribution in [0.15, 0.2) is 60.8 Å². The molecule has 0 aliphatic carbocycles. The van der Waals surface area contributed by atoms with Gasteiger partial charge in [-0.15, -0.1) is 10.2 Å². The first-order valence-electron chi connectivity index (χ1n) is 9.44. The topological polar surface area (TPSA) is 137 Å². The second kappa shape index (κ2) is 8.18. The van der Waals surface area contributed by atoms with Crippen LogP contribution in [0.2, 0.25) is 0 Å². The summed E-state index contributed by atoms with van der Waals surface area (Å²) in [6.07, 6.45) is 1.96. The maximum absolute atomic E-state index is 11.9. The molecule has 30 heavy (non-hydrogen) atoms. The highest BCUT2D eigenvalue weighted by atomic mass is 16.1. The van der Waals surface area contributed by atoms with Crippen LogP contribution in [-0.2, 0) is 7.05 Å². The molecule has 0 aliphatic rings. The van der Waals surface area contributed by atoms with E-state index in [9.17, 15) is 4.79 Å². The van der Waals surface area contributed by atoms with E-state index in [0.717, 1.165) is 22.2 Å². The Labute approximate surface area is 173 Å². The lowest BCUT2D eigenvalue weighted by atomic mass is 10.1. The zero-order valence-electron chi connectivity index (χ0n) is 16.4. The highest BCUT2D eigenvalue weighted by Crippen LogP contribution is 2.27. The molecule has 152 valence electrons. The Morgan fingerprint density at radius 2 is 1.90 bits per heavy atom. The van der Waals surface area contributed by atoms with Gasteiger partial charge in [0.1, 0.15) is 0 Å². The van der Waals surface area contributed by atoms with Crippen molar-refractivity contribution in [1.82, 2.24) is 19.7 Å². The van der Waals surface area contributed by atoms with Crippen LogP contribution < -0.4 is 22.1 Å². The van der Waals surface area contributed by atoms with Crippen LogP contribution in [0.25, 0.3) is 10.9 Å². The molecular weight excluding hydrogens is 380 g/mol. The summed E-state index contributed by atoms with van der Waals surface area (Å²) in [5, 5.41) is 15.3. The molecule has 0 saturated carbocycles. The van der Waals surface area contributed by atoms with Gasteiger partial charge in [0.15, 0.2) is 11.5 Å². The van der Waals surface area contributed by atoms with Crippen molar-refractivity contribution in [2.75, 3.05) is 17.2 Å². The van der Waals surface area contributed by atoms with Crippen LogP contribution in [0.4, 0.5) is 17.5 Å². The quantitative estimate of drug-likeness (QED) is 0.372. The van der Waals surface area contributed by atoms with Gasteiger partial charge in [0.05, 0.1) is 6.04 Å². The minimum Gasteiger partial charge on any atom is -0.364 e. The number of carbonyl (C=O) groups excluding carboxylic acids is 1. The zero-order valence-corrected chi connectivity index (χ0v) is 16.4. The number of nitrogens with two attached hydrogens (primary N) is 2. The Balaban J connectivity index is 1.69. The Morgan fingerprint density at radius 1 is 1.10 bits per heavy atom. The third-order valence-corrected chi connectivity index (χ3v) is 4.84. The summed E-state index contributed by atoms with van der Waals surface area (Å²) < 4.78 is 2.01. The van der Waals surface area contributed by atoms with Crippen LogP contribution >= 0.6 is 0 Å². The predicted molar refractivity (Wildman–Crippen MR) is 116 cm³/mol. The minimum atomic E-state index is -0.720. The van der Waals surface area contributed by atoms with E-state index in [2.05, 4.69) is 25.8 Å². The SMILES string of the molecule is Cn1ccc2c(Nc3nc(N[C@@H](CN)c4ccccc4)nnc3C(N)=O)cccc21. The minimum absolute atomic E-state index is 0.0440. The Hall–Kier alpha value is -3.98. The lowest BCUT2D eigenvalue weighted by molar-refractivity contribution is 0.0995. The summed E-state index contributed by atoms with van der Waals surface area (Å²) in [6, 6.07) is 17.3. The smallest absolute Gasteiger partial charge is 0.273 e. The number of nitrogens with zero attached hydrogens (tertiary/aromatic N) is 4. The molecular formula is C21H22N8O. The van der Waals surface area contributed by atoms with Crippen molar-refractivity contribution in [3.63, 3.8) is 0 Å². The second-order valence-corrected chi connectivity index (χ2v) is 6.83. The standard InChI is InChI=1S/C21H22N8O/c1-29-11-10-14-15(8-5-9-17(14)29)24-20-18(19(23)30)27-28-21(26-20)25-16(12-22)13-6-3-2-4-7-13/h2-11,16H,12,22H2,1H3,(H2,23,30)(H2,24,25,26,28)/t16-/m0/s1. The van der Waals surface area contributed by atoms with Crippen LogP contribution in [0.5, 0.6) is 0 Å². The molecule has 2 aromatic carbocycles. The predicted octanol–water partition coefficient (Wildman–Crippen LogP) is 2.32. The lowest BCUT2D eigenvalue weighted by Crippen LogP contribution is -2.23. The van der Waals surface area contributed by atoms with Crippen LogP contribution in [0.3, 0.4) is 0 Å². The van der Waals surface area contributed by atoms with Gasteiger partial charge in [-0.25, -0.2) is 0 Å². The number of hydrogen-bond donors (Lipinski definition) is 4. The molecule has 0 aliphatic heterocycles. The monoisotopic (exact) mass is 402 g/mol. The lowest BCUT2D eigenvalue weighted by Gasteiger charge is -2.18. The van der Waals surface area contributed by atoms with Gasteiger partial charge in [0.25, 0.3) is 5.91 Å². The highest BCUT2D eigenvalue weighted by Gasteiger charge is 2.18. The number of hydrogen-bond acceptors (Lipinski definition) is 7. The number of rotatable bonds is 7. The first kappa shape index (κ1) is 19.3. The van der Waals surface area contributed by atoms with Gasteiger partial charge in [0, 0.05) is 36.4 Å². The number of benzene rings is 2. The van der Waals surface area contributed by atoms with Gasteiger partial charge >= 0.3 is 0 Å². The first-order valence-corrected chi connectivity index (χ1v) is 9.44. The number of fused-ring (bicyclic) bond motifs is 1.